The summed E-state index contributed by atoms with van der Waals surface area (Å²) < 4.78 is 5.84. The molecule has 0 radical (unpaired) electrons. The molecular weight excluding hydrogens is 318 g/mol. The van der Waals surface area contributed by atoms with Gasteiger partial charge in [-0.2, -0.15) is 0 Å². The molecule has 2 heterocycles. The van der Waals surface area contributed by atoms with Gasteiger partial charge in [0.25, 0.3) is 0 Å². The van der Waals surface area contributed by atoms with Gasteiger partial charge >= 0.3 is 0 Å². The maximum atomic E-state index is 12.2. The topological polar surface area (TPSA) is 39.2 Å². The second-order valence-electron chi connectivity index (χ2n) is 5.26. The van der Waals surface area contributed by atoms with Crippen LogP contribution in [0.1, 0.15) is 25.8 Å². The largest absolute Gasteiger partial charge is 0.487 e. The van der Waals surface area contributed by atoms with Gasteiger partial charge in [0.15, 0.2) is 5.78 Å². The number of aromatic nitrogens is 1. The van der Waals surface area contributed by atoms with E-state index in [1.165, 1.54) is 11.3 Å². The van der Waals surface area contributed by atoms with Crippen molar-refractivity contribution < 1.29 is 9.53 Å². The number of hydrogen-bond acceptors (Lipinski definition) is 4. The summed E-state index contributed by atoms with van der Waals surface area (Å²) in [6.07, 6.45) is 5.13. The number of ketones is 1. The van der Waals surface area contributed by atoms with Crippen LogP contribution in [0.4, 0.5) is 0 Å². The zero-order valence-electron chi connectivity index (χ0n) is 13.3. The predicted molar refractivity (Wildman–Crippen MR) is 97.4 cm³/mol. The highest BCUT2D eigenvalue weighted by Crippen LogP contribution is 2.22. The molecule has 0 fully saturated rings. The molecule has 0 unspecified atom stereocenters. The molecule has 0 bridgehead atoms. The maximum absolute atomic E-state index is 12.2. The first-order chi connectivity index (χ1) is 11.7. The number of carbonyl (C=O) groups excluding carboxylic acids is 1. The molecule has 0 saturated carbocycles. The number of benzene rings is 1. The number of para-hydroxylation sites is 1. The second kappa shape index (κ2) is 7.70. The lowest BCUT2D eigenvalue weighted by Gasteiger charge is -2.08. The smallest absolute Gasteiger partial charge is 0.195 e. The van der Waals surface area contributed by atoms with Crippen molar-refractivity contribution in [3.63, 3.8) is 0 Å². The number of carbonyl (C=O) groups is 1. The minimum atomic E-state index is 0.00706. The number of thiophene rings is 1. The molecule has 120 valence electrons. The van der Waals surface area contributed by atoms with E-state index >= 15 is 0 Å². The van der Waals surface area contributed by atoms with Gasteiger partial charge in [-0.05, 0) is 49.4 Å². The number of hydrogen-bond donors (Lipinski definition) is 0. The summed E-state index contributed by atoms with van der Waals surface area (Å²) >= 11 is 1.50. The Kier molecular flexibility index (Phi) is 5.18. The van der Waals surface area contributed by atoms with Crippen molar-refractivity contribution in [3.05, 3.63) is 87.9 Å². The van der Waals surface area contributed by atoms with Crippen LogP contribution in [0.25, 0.3) is 6.08 Å². The zero-order chi connectivity index (χ0) is 16.8. The van der Waals surface area contributed by atoms with Gasteiger partial charge in [-0.25, -0.2) is 0 Å². The quantitative estimate of drug-likeness (QED) is 0.474. The maximum Gasteiger partial charge on any atom is 0.195 e. The molecule has 2 aromatic heterocycles. The van der Waals surface area contributed by atoms with Crippen LogP contribution in [0.15, 0.2) is 66.9 Å². The molecule has 0 amide bonds. The van der Waals surface area contributed by atoms with Crippen LogP contribution >= 0.6 is 11.3 Å². The van der Waals surface area contributed by atoms with E-state index < -0.39 is 0 Å². The minimum absolute atomic E-state index is 0.00706. The lowest BCUT2D eigenvalue weighted by molar-refractivity contribution is 0.105. The molecule has 0 spiro atoms. The van der Waals surface area contributed by atoms with Gasteiger partial charge in [-0.15, -0.1) is 11.3 Å². The Morgan fingerprint density at radius 1 is 1.12 bits per heavy atom. The van der Waals surface area contributed by atoms with Gasteiger partial charge < -0.3 is 4.74 Å². The third kappa shape index (κ3) is 4.18. The van der Waals surface area contributed by atoms with Crippen LogP contribution in [0.3, 0.4) is 0 Å². The van der Waals surface area contributed by atoms with Crippen molar-refractivity contribution in [2.24, 2.45) is 0 Å². The van der Waals surface area contributed by atoms with E-state index in [-0.39, 0.29) is 5.78 Å². The molecule has 3 aromatic rings. The van der Waals surface area contributed by atoms with Crippen LogP contribution in [-0.4, -0.2) is 10.8 Å². The van der Waals surface area contributed by atoms with Crippen molar-refractivity contribution in [2.75, 3.05) is 0 Å². The summed E-state index contributed by atoms with van der Waals surface area (Å²) in [4.78, 5) is 18.3. The van der Waals surface area contributed by atoms with E-state index in [9.17, 15) is 4.79 Å². The van der Waals surface area contributed by atoms with Crippen LogP contribution in [0.5, 0.6) is 5.75 Å². The number of allylic oxidation sites excluding steroid dienone is 1. The summed E-state index contributed by atoms with van der Waals surface area (Å²) in [6.45, 7) is 2.38. The van der Waals surface area contributed by atoms with Crippen molar-refractivity contribution in [1.29, 1.82) is 0 Å². The van der Waals surface area contributed by atoms with Crippen molar-refractivity contribution in [3.8, 4) is 5.75 Å². The van der Waals surface area contributed by atoms with Crippen LogP contribution in [0, 0.1) is 6.92 Å². The summed E-state index contributed by atoms with van der Waals surface area (Å²) in [5.41, 5.74) is 1.73. The van der Waals surface area contributed by atoms with Crippen molar-refractivity contribution in [2.45, 2.75) is 13.5 Å². The molecule has 0 saturated heterocycles. The predicted octanol–water partition coefficient (Wildman–Crippen LogP) is 4.93. The molecule has 0 N–H and O–H groups in total. The van der Waals surface area contributed by atoms with Gasteiger partial charge in [-0.3, -0.25) is 9.78 Å². The summed E-state index contributed by atoms with van der Waals surface area (Å²) in [5.74, 6) is 0.738. The van der Waals surface area contributed by atoms with Gasteiger partial charge in [0, 0.05) is 16.6 Å². The van der Waals surface area contributed by atoms with Gasteiger partial charge in [-0.1, -0.05) is 24.3 Å². The Labute approximate surface area is 145 Å². The highest BCUT2D eigenvalue weighted by molar-refractivity contribution is 7.14. The number of ether oxygens (including phenoxy) is 1. The Morgan fingerprint density at radius 2 is 1.96 bits per heavy atom. The standard InChI is InChI=1S/C20H17NO2S/c1-15-9-12-20(24-15)18(22)11-10-16-6-2-3-8-19(16)23-14-17-7-4-5-13-21-17/h2-13H,14H2,1H3/b11-10+. The third-order valence-electron chi connectivity index (χ3n) is 3.42. The van der Waals surface area contributed by atoms with Crippen LogP contribution in [0.2, 0.25) is 0 Å². The van der Waals surface area contributed by atoms with Gasteiger partial charge in [0.05, 0.1) is 10.6 Å². The van der Waals surface area contributed by atoms with E-state index in [0.717, 1.165) is 26.8 Å². The molecule has 3 rings (SSSR count). The van der Waals surface area contributed by atoms with Crippen LogP contribution < -0.4 is 4.74 Å². The van der Waals surface area contributed by atoms with E-state index in [2.05, 4.69) is 4.98 Å². The van der Waals surface area contributed by atoms with E-state index in [1.54, 1.807) is 18.3 Å². The number of nitrogens with zero attached hydrogens (tertiary/aromatic N) is 1. The lowest BCUT2D eigenvalue weighted by Crippen LogP contribution is -1.99. The fraction of sp³-hybridized carbons (Fsp3) is 0.100. The molecule has 0 aliphatic heterocycles. The summed E-state index contributed by atoms with van der Waals surface area (Å²) in [5, 5.41) is 0. The lowest BCUT2D eigenvalue weighted by atomic mass is 10.1. The molecule has 4 heteroatoms. The second-order valence-corrected chi connectivity index (χ2v) is 6.54. The SMILES string of the molecule is Cc1ccc(C(=O)/C=C/c2ccccc2OCc2ccccn2)s1. The van der Waals surface area contributed by atoms with Crippen molar-refractivity contribution in [1.82, 2.24) is 4.98 Å². The molecule has 0 aliphatic carbocycles. The Hall–Kier alpha value is -2.72. The third-order valence-corrected chi connectivity index (χ3v) is 4.43. The normalized spacial score (nSPS) is 10.9. The fourth-order valence-corrected chi connectivity index (χ4v) is 2.99. The highest BCUT2D eigenvalue weighted by Gasteiger charge is 2.06. The van der Waals surface area contributed by atoms with E-state index in [4.69, 9.17) is 4.74 Å². The first kappa shape index (κ1) is 16.1. The first-order valence-electron chi connectivity index (χ1n) is 7.63. The number of rotatable bonds is 6. The molecule has 1 aromatic carbocycles. The fourth-order valence-electron chi connectivity index (χ4n) is 2.20. The van der Waals surface area contributed by atoms with Crippen LogP contribution in [-0.2, 0) is 6.61 Å². The number of aryl methyl sites for hydroxylation is 1. The first-order valence-corrected chi connectivity index (χ1v) is 8.44. The average molecular weight is 335 g/mol. The summed E-state index contributed by atoms with van der Waals surface area (Å²) in [6, 6.07) is 17.2. The summed E-state index contributed by atoms with van der Waals surface area (Å²) in [7, 11) is 0. The molecule has 3 nitrogen and oxygen atoms in total. The van der Waals surface area contributed by atoms with Crippen molar-refractivity contribution >= 4 is 23.2 Å². The number of pyridine rings is 1. The minimum Gasteiger partial charge on any atom is -0.487 e. The molecule has 0 aliphatic rings. The van der Waals surface area contributed by atoms with E-state index in [0.29, 0.717) is 6.61 Å². The Balaban J connectivity index is 1.72. The van der Waals surface area contributed by atoms with Gasteiger partial charge in [0.2, 0.25) is 0 Å². The average Bonchev–Trinajstić information content (AvgIpc) is 3.06. The van der Waals surface area contributed by atoms with E-state index in [1.807, 2.05) is 61.5 Å². The highest BCUT2D eigenvalue weighted by atomic mass is 32.1. The Bertz CT molecular complexity index is 853. The Morgan fingerprint density at radius 3 is 2.71 bits per heavy atom. The molecular formula is C20H17NO2S. The molecule has 24 heavy (non-hydrogen) atoms. The van der Waals surface area contributed by atoms with Gasteiger partial charge in [0.1, 0.15) is 12.4 Å². The monoisotopic (exact) mass is 335 g/mol. The zero-order valence-corrected chi connectivity index (χ0v) is 14.1. The molecule has 0 atom stereocenters.